The van der Waals surface area contributed by atoms with Crippen molar-refractivity contribution in [3.05, 3.63) is 46.7 Å². The molecular weight excluding hydrogens is 510 g/mol. The number of aromatic hydroxyl groups is 1. The van der Waals surface area contributed by atoms with Gasteiger partial charge in [0, 0.05) is 23.2 Å². The van der Waals surface area contributed by atoms with Crippen molar-refractivity contribution in [2.45, 2.75) is 20.3 Å². The summed E-state index contributed by atoms with van der Waals surface area (Å²) < 4.78 is 17.1. The topological polar surface area (TPSA) is 115 Å². The molecule has 4 aromatic rings. The zero-order valence-corrected chi connectivity index (χ0v) is 20.4. The van der Waals surface area contributed by atoms with E-state index in [1.807, 2.05) is 38.1 Å². The largest absolute Gasteiger partial charge is 0.494 e. The first-order valence-electron chi connectivity index (χ1n) is 10.3. The molecule has 2 N–H and O–H groups in total. The third-order valence-electron chi connectivity index (χ3n) is 4.57. The van der Waals surface area contributed by atoms with Crippen molar-refractivity contribution in [2.24, 2.45) is 0 Å². The quantitative estimate of drug-likeness (QED) is 0.285. The van der Waals surface area contributed by atoms with Crippen LogP contribution in [0.5, 0.6) is 17.6 Å². The zero-order valence-electron chi connectivity index (χ0n) is 18.0. The number of ether oxygens (including phenoxy) is 2. The van der Waals surface area contributed by atoms with E-state index in [9.17, 15) is 5.11 Å². The molecule has 3 aromatic heterocycles. The summed E-state index contributed by atoms with van der Waals surface area (Å²) in [5.41, 5.74) is 1.85. The third-order valence-corrected chi connectivity index (χ3v) is 6.19. The highest BCUT2D eigenvalue weighted by Crippen LogP contribution is 2.42. The minimum Gasteiger partial charge on any atom is -0.494 e. The summed E-state index contributed by atoms with van der Waals surface area (Å²) in [5, 5.41) is 16.5. The Bertz CT molecular complexity index is 1230. The molecule has 172 valence electrons. The van der Waals surface area contributed by atoms with Crippen molar-refractivity contribution >= 4 is 33.1 Å². The molecule has 33 heavy (non-hydrogen) atoms. The Kier molecular flexibility index (Phi) is 7.40. The second-order valence-corrected chi connectivity index (χ2v) is 8.76. The van der Waals surface area contributed by atoms with E-state index in [2.05, 4.69) is 47.4 Å². The van der Waals surface area contributed by atoms with Gasteiger partial charge < -0.3 is 19.9 Å². The lowest BCUT2D eigenvalue weighted by Crippen LogP contribution is -2.08. The first-order chi connectivity index (χ1) is 16.1. The van der Waals surface area contributed by atoms with Gasteiger partial charge in [0.2, 0.25) is 5.82 Å². The van der Waals surface area contributed by atoms with Crippen LogP contribution in [0.2, 0.25) is 0 Å². The summed E-state index contributed by atoms with van der Waals surface area (Å²) in [5.74, 6) is 2.45. The summed E-state index contributed by atoms with van der Waals surface area (Å²) in [4.78, 5) is 14.1. The van der Waals surface area contributed by atoms with Crippen LogP contribution in [0.1, 0.15) is 19.4 Å². The minimum absolute atomic E-state index is 0.263. The van der Waals surface area contributed by atoms with Crippen LogP contribution >= 0.6 is 27.3 Å². The average molecular weight is 532 g/mol. The minimum atomic E-state index is -0.491. The second kappa shape index (κ2) is 10.6. The van der Waals surface area contributed by atoms with Crippen molar-refractivity contribution in [1.82, 2.24) is 20.1 Å². The zero-order chi connectivity index (χ0) is 23.2. The first kappa shape index (κ1) is 23.0. The Hall–Kier alpha value is -3.18. The van der Waals surface area contributed by atoms with Crippen molar-refractivity contribution in [3.63, 3.8) is 0 Å². The first-order valence-corrected chi connectivity index (χ1v) is 12.0. The number of halogens is 1. The summed E-state index contributed by atoms with van der Waals surface area (Å²) in [6.45, 7) is 5.63. The van der Waals surface area contributed by atoms with Crippen molar-refractivity contribution in [1.29, 1.82) is 0 Å². The SMILES string of the molecule is CCOc1cc(Br)ccc1CCNc1cc(-c2cc(OCC)c(-c3noc(O)n3)s2)ncn1. The Morgan fingerprint density at radius 1 is 1.09 bits per heavy atom. The molecule has 0 spiro atoms. The predicted octanol–water partition coefficient (Wildman–Crippen LogP) is 5.18. The maximum Gasteiger partial charge on any atom is 0.415 e. The Morgan fingerprint density at radius 2 is 1.91 bits per heavy atom. The van der Waals surface area contributed by atoms with Crippen LogP contribution < -0.4 is 14.8 Å². The molecule has 9 nitrogen and oxygen atoms in total. The number of anilines is 1. The van der Waals surface area contributed by atoms with Gasteiger partial charge in [0.25, 0.3) is 0 Å². The molecule has 0 atom stereocenters. The summed E-state index contributed by atoms with van der Waals surface area (Å²) in [6, 6.07) is 9.80. The van der Waals surface area contributed by atoms with Gasteiger partial charge in [-0.15, -0.1) is 11.3 Å². The molecule has 0 radical (unpaired) electrons. The van der Waals surface area contributed by atoms with Crippen molar-refractivity contribution in [2.75, 3.05) is 25.1 Å². The van der Waals surface area contributed by atoms with E-state index in [0.717, 1.165) is 32.8 Å². The van der Waals surface area contributed by atoms with Crippen LogP contribution in [0.3, 0.4) is 0 Å². The van der Waals surface area contributed by atoms with Gasteiger partial charge in [0.05, 0.1) is 23.8 Å². The molecule has 0 amide bonds. The highest BCUT2D eigenvalue weighted by molar-refractivity contribution is 9.10. The lowest BCUT2D eigenvalue weighted by molar-refractivity contribution is 0.267. The number of nitrogens with one attached hydrogen (secondary N) is 1. The van der Waals surface area contributed by atoms with E-state index in [-0.39, 0.29) is 5.82 Å². The number of hydrogen-bond acceptors (Lipinski definition) is 10. The number of thiophene rings is 1. The molecule has 1 aromatic carbocycles. The van der Waals surface area contributed by atoms with E-state index in [4.69, 9.17) is 14.0 Å². The molecule has 11 heteroatoms. The van der Waals surface area contributed by atoms with Crippen LogP contribution in [0.4, 0.5) is 5.82 Å². The number of benzene rings is 1. The number of hydrogen-bond donors (Lipinski definition) is 2. The van der Waals surface area contributed by atoms with Crippen LogP contribution in [0, 0.1) is 0 Å². The standard InChI is InChI=1S/C22H22BrN5O4S/c1-3-30-16-9-14(23)6-5-13(16)7-8-24-19-10-15(25-12-26-19)18-11-17(31-4-2)20(33-18)21-27-22(29)32-28-21/h5-6,9-12H,3-4,7-8H2,1-2H3,(H,24,25,26)(H,27,28,29). The highest BCUT2D eigenvalue weighted by Gasteiger charge is 2.19. The normalized spacial score (nSPS) is 10.9. The van der Waals surface area contributed by atoms with Gasteiger partial charge in [-0.05, 0) is 38.0 Å². The molecule has 0 fully saturated rings. The van der Waals surface area contributed by atoms with E-state index in [1.165, 1.54) is 17.7 Å². The summed E-state index contributed by atoms with van der Waals surface area (Å²) in [6.07, 6.45) is 1.80. The van der Waals surface area contributed by atoms with E-state index >= 15 is 0 Å². The van der Waals surface area contributed by atoms with Gasteiger partial charge in [-0.2, -0.15) is 4.98 Å². The summed E-state index contributed by atoms with van der Waals surface area (Å²) in [7, 11) is 0. The molecule has 4 rings (SSSR count). The lowest BCUT2D eigenvalue weighted by Gasteiger charge is -2.11. The molecule has 0 aliphatic rings. The average Bonchev–Trinajstić information content (AvgIpc) is 3.42. The maximum absolute atomic E-state index is 9.41. The maximum atomic E-state index is 9.41. The van der Waals surface area contributed by atoms with Crippen molar-refractivity contribution in [3.8, 4) is 38.8 Å². The van der Waals surface area contributed by atoms with Crippen LogP contribution in [-0.4, -0.2) is 45.0 Å². The number of nitrogens with zero attached hydrogens (tertiary/aromatic N) is 4. The fraction of sp³-hybridized carbons (Fsp3) is 0.273. The summed E-state index contributed by atoms with van der Waals surface area (Å²) >= 11 is 4.88. The fourth-order valence-electron chi connectivity index (χ4n) is 3.17. The lowest BCUT2D eigenvalue weighted by atomic mass is 10.1. The Labute approximate surface area is 202 Å². The molecule has 0 saturated carbocycles. The van der Waals surface area contributed by atoms with E-state index in [0.29, 0.717) is 36.2 Å². The molecule has 0 saturated heterocycles. The van der Waals surface area contributed by atoms with Crippen LogP contribution in [0.15, 0.2) is 45.7 Å². The molecule has 3 heterocycles. The van der Waals surface area contributed by atoms with Gasteiger partial charge in [-0.3, -0.25) is 4.52 Å². The fourth-order valence-corrected chi connectivity index (χ4v) is 4.50. The van der Waals surface area contributed by atoms with Gasteiger partial charge in [0.1, 0.15) is 28.5 Å². The van der Waals surface area contributed by atoms with Gasteiger partial charge in [-0.25, -0.2) is 9.97 Å². The number of aromatic nitrogens is 4. The molecule has 0 aliphatic heterocycles. The molecule has 0 unspecified atom stereocenters. The predicted molar refractivity (Wildman–Crippen MR) is 129 cm³/mol. The Balaban J connectivity index is 1.49. The monoisotopic (exact) mass is 531 g/mol. The molecule has 0 aliphatic carbocycles. The van der Waals surface area contributed by atoms with E-state index < -0.39 is 6.08 Å². The second-order valence-electron chi connectivity index (χ2n) is 6.79. The Morgan fingerprint density at radius 3 is 2.67 bits per heavy atom. The van der Waals surface area contributed by atoms with E-state index in [1.54, 1.807) is 0 Å². The van der Waals surface area contributed by atoms with Gasteiger partial charge in [0.15, 0.2) is 0 Å². The van der Waals surface area contributed by atoms with Gasteiger partial charge >= 0.3 is 6.08 Å². The van der Waals surface area contributed by atoms with Crippen molar-refractivity contribution < 1.29 is 19.1 Å². The highest BCUT2D eigenvalue weighted by atomic mass is 79.9. The smallest absolute Gasteiger partial charge is 0.415 e. The van der Waals surface area contributed by atoms with Crippen LogP contribution in [0.25, 0.3) is 21.3 Å². The third kappa shape index (κ3) is 5.60. The molecular formula is C22H22BrN5O4S. The van der Waals surface area contributed by atoms with Gasteiger partial charge in [-0.1, -0.05) is 27.2 Å². The van der Waals surface area contributed by atoms with Crippen LogP contribution in [-0.2, 0) is 6.42 Å². The molecule has 0 bridgehead atoms. The number of rotatable bonds is 10.